The van der Waals surface area contributed by atoms with Gasteiger partial charge in [0, 0.05) is 4.70 Å². The molecule has 2 heteroatoms. The molecule has 102 valence electrons. The first-order valence-electron chi connectivity index (χ1n) is 6.81. The lowest BCUT2D eigenvalue weighted by atomic mass is 10.00. The topological polar surface area (TPSA) is 0 Å². The van der Waals surface area contributed by atoms with Crippen LogP contribution in [0.15, 0.2) is 47.8 Å². The molecule has 0 spiro atoms. The third-order valence-corrected chi connectivity index (χ3v) is 5.21. The van der Waals surface area contributed by atoms with Crippen LogP contribution in [0.5, 0.6) is 0 Å². The molecule has 0 fully saturated rings. The van der Waals surface area contributed by atoms with Crippen LogP contribution in [-0.2, 0) is 6.42 Å². The van der Waals surface area contributed by atoms with E-state index in [1.54, 1.807) is 11.3 Å². The number of benzene rings is 2. The molecule has 1 unspecified atom stereocenters. The molecule has 1 heterocycles. The summed E-state index contributed by atoms with van der Waals surface area (Å²) in [5, 5.41) is 3.53. The maximum Gasteiger partial charge on any atom is 0.0639 e. The zero-order valence-corrected chi connectivity index (χ0v) is 13.3. The molecule has 0 bridgehead atoms. The molecule has 3 rings (SSSR count). The van der Waals surface area contributed by atoms with Crippen molar-refractivity contribution < 1.29 is 0 Å². The van der Waals surface area contributed by atoms with Gasteiger partial charge in [-0.25, -0.2) is 0 Å². The van der Waals surface area contributed by atoms with Crippen molar-refractivity contribution in [2.45, 2.75) is 25.6 Å². The second-order valence-electron chi connectivity index (χ2n) is 5.28. The van der Waals surface area contributed by atoms with Gasteiger partial charge in [0.05, 0.1) is 5.38 Å². The van der Waals surface area contributed by atoms with Gasteiger partial charge in [-0.05, 0) is 59.4 Å². The molecule has 1 atom stereocenters. The van der Waals surface area contributed by atoms with E-state index in [0.717, 1.165) is 6.42 Å². The highest BCUT2D eigenvalue weighted by Crippen LogP contribution is 2.35. The smallest absolute Gasteiger partial charge is 0.0639 e. The molecule has 0 radical (unpaired) electrons. The minimum absolute atomic E-state index is 0.0354. The highest BCUT2D eigenvalue weighted by atomic mass is 35.5. The van der Waals surface area contributed by atoms with Crippen molar-refractivity contribution in [3.63, 3.8) is 0 Å². The molecule has 2 aromatic carbocycles. The van der Waals surface area contributed by atoms with Crippen molar-refractivity contribution in [1.82, 2.24) is 0 Å². The van der Waals surface area contributed by atoms with E-state index in [1.807, 2.05) is 0 Å². The summed E-state index contributed by atoms with van der Waals surface area (Å²) in [6.07, 6.45) is 0.878. The van der Waals surface area contributed by atoms with Crippen molar-refractivity contribution in [1.29, 1.82) is 0 Å². The van der Waals surface area contributed by atoms with Crippen molar-refractivity contribution in [3.8, 4) is 0 Å². The average Bonchev–Trinajstić information content (AvgIpc) is 2.87. The summed E-state index contributed by atoms with van der Waals surface area (Å²) < 4.78 is 1.31. The third kappa shape index (κ3) is 2.61. The molecule has 0 N–H and O–H groups in total. The molecule has 0 aliphatic heterocycles. The second kappa shape index (κ2) is 5.59. The van der Waals surface area contributed by atoms with Gasteiger partial charge in [-0.2, -0.15) is 0 Å². The van der Waals surface area contributed by atoms with E-state index in [1.165, 1.54) is 32.3 Å². The first-order chi connectivity index (χ1) is 9.65. The highest BCUT2D eigenvalue weighted by molar-refractivity contribution is 7.17. The Hall–Kier alpha value is -1.31. The fraction of sp³-hybridized carbons (Fsp3) is 0.222. The Morgan fingerprint density at radius 2 is 1.85 bits per heavy atom. The Labute approximate surface area is 129 Å². The largest absolute Gasteiger partial charge is 0.143 e. The van der Waals surface area contributed by atoms with Crippen LogP contribution in [0.1, 0.15) is 27.6 Å². The lowest BCUT2D eigenvalue weighted by Crippen LogP contribution is -1.96. The minimum Gasteiger partial charge on any atom is -0.143 e. The molecule has 0 saturated carbocycles. The van der Waals surface area contributed by atoms with Crippen LogP contribution in [0.2, 0.25) is 0 Å². The molecule has 1 aromatic heterocycles. The van der Waals surface area contributed by atoms with Crippen LogP contribution < -0.4 is 0 Å². The van der Waals surface area contributed by atoms with Gasteiger partial charge in [-0.1, -0.05) is 36.4 Å². The Morgan fingerprint density at radius 1 is 1.05 bits per heavy atom. The summed E-state index contributed by atoms with van der Waals surface area (Å²) >= 11 is 8.43. The highest BCUT2D eigenvalue weighted by Gasteiger charge is 2.14. The predicted molar refractivity (Wildman–Crippen MR) is 90.0 cm³/mol. The van der Waals surface area contributed by atoms with Crippen LogP contribution in [0.4, 0.5) is 0 Å². The number of aryl methyl sites for hydroxylation is 2. The maximum absolute atomic E-state index is 6.66. The van der Waals surface area contributed by atoms with E-state index in [-0.39, 0.29) is 5.38 Å². The second-order valence-corrected chi connectivity index (χ2v) is 6.72. The van der Waals surface area contributed by atoms with Gasteiger partial charge in [0.25, 0.3) is 0 Å². The van der Waals surface area contributed by atoms with Crippen LogP contribution >= 0.6 is 22.9 Å². The Morgan fingerprint density at radius 3 is 2.65 bits per heavy atom. The van der Waals surface area contributed by atoms with Gasteiger partial charge in [-0.3, -0.25) is 0 Å². The quantitative estimate of drug-likeness (QED) is 0.517. The zero-order chi connectivity index (χ0) is 14.1. The van der Waals surface area contributed by atoms with Gasteiger partial charge in [0.1, 0.15) is 0 Å². The molecule has 0 saturated heterocycles. The van der Waals surface area contributed by atoms with Crippen molar-refractivity contribution in [3.05, 3.63) is 70.1 Å². The lowest BCUT2D eigenvalue weighted by molar-refractivity contribution is 0.929. The molecule has 0 amide bonds. The van der Waals surface area contributed by atoms with Gasteiger partial charge >= 0.3 is 0 Å². The summed E-state index contributed by atoms with van der Waals surface area (Å²) in [5.41, 5.74) is 5.23. The Bertz CT molecular complexity index is 742. The summed E-state index contributed by atoms with van der Waals surface area (Å²) in [7, 11) is 0. The number of fused-ring (bicyclic) bond motifs is 1. The Balaban J connectivity index is 1.89. The molecule has 20 heavy (non-hydrogen) atoms. The summed E-state index contributed by atoms with van der Waals surface area (Å²) in [5.74, 6) is 0. The standard InChI is InChI=1S/C18H17ClS/c1-12-7-8-14(9-13(12)2)10-17(19)16-11-20-18-6-4-3-5-15(16)18/h3-9,11,17H,10H2,1-2H3. The fourth-order valence-corrected chi connectivity index (χ4v) is 3.94. The van der Waals surface area contributed by atoms with E-state index in [9.17, 15) is 0 Å². The molecule has 0 aliphatic carbocycles. The number of hydrogen-bond acceptors (Lipinski definition) is 1. The third-order valence-electron chi connectivity index (χ3n) is 3.83. The van der Waals surface area contributed by atoms with Gasteiger partial charge in [0.2, 0.25) is 0 Å². The number of halogens is 1. The summed E-state index contributed by atoms with van der Waals surface area (Å²) in [4.78, 5) is 0. The van der Waals surface area contributed by atoms with Crippen molar-refractivity contribution in [2.75, 3.05) is 0 Å². The number of hydrogen-bond donors (Lipinski definition) is 0. The van der Waals surface area contributed by atoms with Crippen LogP contribution in [0, 0.1) is 13.8 Å². The van der Waals surface area contributed by atoms with E-state index in [0.29, 0.717) is 0 Å². The van der Waals surface area contributed by atoms with E-state index in [2.05, 4.69) is 61.7 Å². The van der Waals surface area contributed by atoms with E-state index >= 15 is 0 Å². The maximum atomic E-state index is 6.66. The first kappa shape index (κ1) is 13.7. The van der Waals surface area contributed by atoms with E-state index < -0.39 is 0 Å². The molecular formula is C18H17ClS. The first-order valence-corrected chi connectivity index (χ1v) is 8.13. The van der Waals surface area contributed by atoms with Crippen molar-refractivity contribution in [2.24, 2.45) is 0 Å². The monoisotopic (exact) mass is 300 g/mol. The molecule has 0 aliphatic rings. The number of rotatable bonds is 3. The average molecular weight is 301 g/mol. The molecule has 0 nitrogen and oxygen atoms in total. The van der Waals surface area contributed by atoms with Crippen LogP contribution in [0.3, 0.4) is 0 Å². The lowest BCUT2D eigenvalue weighted by Gasteiger charge is -2.10. The normalized spacial score (nSPS) is 12.8. The van der Waals surface area contributed by atoms with Crippen LogP contribution in [0.25, 0.3) is 10.1 Å². The number of alkyl halides is 1. The van der Waals surface area contributed by atoms with Gasteiger partial charge < -0.3 is 0 Å². The van der Waals surface area contributed by atoms with Gasteiger partial charge in [-0.15, -0.1) is 22.9 Å². The predicted octanol–water partition coefficient (Wildman–Crippen LogP) is 6.04. The molecule has 3 aromatic rings. The van der Waals surface area contributed by atoms with Crippen LogP contribution in [-0.4, -0.2) is 0 Å². The van der Waals surface area contributed by atoms with Gasteiger partial charge in [0.15, 0.2) is 0 Å². The van der Waals surface area contributed by atoms with Crippen molar-refractivity contribution >= 4 is 33.0 Å². The zero-order valence-electron chi connectivity index (χ0n) is 11.7. The fourth-order valence-electron chi connectivity index (χ4n) is 2.49. The summed E-state index contributed by atoms with van der Waals surface area (Å²) in [6, 6.07) is 15.1. The summed E-state index contributed by atoms with van der Waals surface area (Å²) in [6.45, 7) is 4.30. The SMILES string of the molecule is Cc1ccc(CC(Cl)c2csc3ccccc23)cc1C. The number of thiophene rings is 1. The minimum atomic E-state index is 0.0354. The van der Waals surface area contributed by atoms with E-state index in [4.69, 9.17) is 11.6 Å². The Kier molecular flexibility index (Phi) is 3.82. The molecular weight excluding hydrogens is 284 g/mol.